The maximum absolute atomic E-state index is 4.69. The van der Waals surface area contributed by atoms with Crippen molar-refractivity contribution in [1.82, 2.24) is 14.6 Å². The van der Waals surface area contributed by atoms with Crippen molar-refractivity contribution in [2.24, 2.45) is 0 Å². The first-order chi connectivity index (χ1) is 9.99. The van der Waals surface area contributed by atoms with E-state index in [0.717, 1.165) is 17.0 Å². The summed E-state index contributed by atoms with van der Waals surface area (Å²) >= 11 is 1.96. The molecule has 1 saturated carbocycles. The summed E-state index contributed by atoms with van der Waals surface area (Å²) in [5.41, 5.74) is 2.24. The van der Waals surface area contributed by atoms with Crippen molar-refractivity contribution in [2.45, 2.75) is 56.7 Å². The number of thioether (sulfide) groups is 1. The van der Waals surface area contributed by atoms with Gasteiger partial charge in [0.1, 0.15) is 5.52 Å². The van der Waals surface area contributed by atoms with Gasteiger partial charge < -0.3 is 5.32 Å². The molecule has 2 aromatic rings. The van der Waals surface area contributed by atoms with Crippen LogP contribution in [0.15, 0.2) is 18.5 Å². The van der Waals surface area contributed by atoms with E-state index in [1.54, 1.807) is 0 Å². The molecule has 1 aliphatic carbocycles. The summed E-state index contributed by atoms with van der Waals surface area (Å²) in [7, 11) is 0. The van der Waals surface area contributed by atoms with Crippen molar-refractivity contribution in [2.75, 3.05) is 11.6 Å². The van der Waals surface area contributed by atoms with Crippen molar-refractivity contribution < 1.29 is 0 Å². The van der Waals surface area contributed by atoms with E-state index in [4.69, 9.17) is 0 Å². The normalized spacial score (nSPS) is 22.9. The molecule has 0 spiro atoms. The van der Waals surface area contributed by atoms with Gasteiger partial charge >= 0.3 is 0 Å². The van der Waals surface area contributed by atoms with Gasteiger partial charge in [0.2, 0.25) is 0 Å². The van der Waals surface area contributed by atoms with Gasteiger partial charge in [-0.15, -0.1) is 0 Å². The van der Waals surface area contributed by atoms with Crippen LogP contribution in [0, 0.1) is 0 Å². The standard InChI is InChI=1S/C16H24N4S/c1-16(2,3)14-10-12-15(17-8-9-20(12)19-14)18-11-6-5-7-13(11)21-4/h8-11,13H,5-7H2,1-4H3,(H,17,18). The van der Waals surface area contributed by atoms with Gasteiger partial charge in [0, 0.05) is 29.1 Å². The highest BCUT2D eigenvalue weighted by molar-refractivity contribution is 7.99. The zero-order chi connectivity index (χ0) is 15.0. The minimum atomic E-state index is 0.0540. The van der Waals surface area contributed by atoms with Gasteiger partial charge in [-0.05, 0) is 25.2 Å². The highest BCUT2D eigenvalue weighted by atomic mass is 32.2. The van der Waals surface area contributed by atoms with E-state index in [2.05, 4.69) is 48.5 Å². The fourth-order valence-electron chi connectivity index (χ4n) is 2.95. The summed E-state index contributed by atoms with van der Waals surface area (Å²) in [6.45, 7) is 6.57. The number of rotatable bonds is 3. The summed E-state index contributed by atoms with van der Waals surface area (Å²) in [5.74, 6) is 0.964. The molecule has 5 heteroatoms. The summed E-state index contributed by atoms with van der Waals surface area (Å²) < 4.78 is 1.94. The Morgan fingerprint density at radius 3 is 2.86 bits per heavy atom. The molecular weight excluding hydrogens is 280 g/mol. The zero-order valence-electron chi connectivity index (χ0n) is 13.3. The number of nitrogens with zero attached hydrogens (tertiary/aromatic N) is 3. The summed E-state index contributed by atoms with van der Waals surface area (Å²) in [6, 6.07) is 2.69. The number of hydrogen-bond acceptors (Lipinski definition) is 4. The molecule has 0 bridgehead atoms. The first-order valence-electron chi connectivity index (χ1n) is 7.63. The molecule has 1 aliphatic rings. The van der Waals surface area contributed by atoms with E-state index >= 15 is 0 Å². The van der Waals surface area contributed by atoms with Gasteiger partial charge in [0.05, 0.1) is 5.69 Å². The third-order valence-electron chi connectivity index (χ3n) is 4.24. The van der Waals surface area contributed by atoms with E-state index in [9.17, 15) is 0 Å². The van der Waals surface area contributed by atoms with Crippen molar-refractivity contribution >= 4 is 23.1 Å². The van der Waals surface area contributed by atoms with Gasteiger partial charge in [-0.3, -0.25) is 0 Å². The second-order valence-electron chi connectivity index (χ2n) is 6.84. The van der Waals surface area contributed by atoms with Crippen LogP contribution in [0.25, 0.3) is 5.52 Å². The van der Waals surface area contributed by atoms with E-state index < -0.39 is 0 Å². The summed E-state index contributed by atoms with van der Waals surface area (Å²) in [5, 5.41) is 9.04. The minimum Gasteiger partial charge on any atom is -0.364 e. The van der Waals surface area contributed by atoms with Gasteiger partial charge in [-0.2, -0.15) is 16.9 Å². The maximum Gasteiger partial charge on any atom is 0.152 e. The second-order valence-corrected chi connectivity index (χ2v) is 7.92. The number of nitrogens with one attached hydrogen (secondary N) is 1. The average molecular weight is 304 g/mol. The molecule has 114 valence electrons. The van der Waals surface area contributed by atoms with Gasteiger partial charge in [0.25, 0.3) is 0 Å². The van der Waals surface area contributed by atoms with Gasteiger partial charge in [-0.1, -0.05) is 27.2 Å². The van der Waals surface area contributed by atoms with Gasteiger partial charge in [-0.25, -0.2) is 9.50 Å². The Bertz CT molecular complexity index is 629. The van der Waals surface area contributed by atoms with Gasteiger partial charge in [0.15, 0.2) is 5.82 Å². The molecule has 0 radical (unpaired) electrons. The number of fused-ring (bicyclic) bond motifs is 1. The molecule has 0 amide bonds. The van der Waals surface area contributed by atoms with Crippen LogP contribution in [0.2, 0.25) is 0 Å². The van der Waals surface area contributed by atoms with Crippen LogP contribution < -0.4 is 5.32 Å². The first-order valence-corrected chi connectivity index (χ1v) is 8.92. The van der Waals surface area contributed by atoms with Crippen LogP contribution in [-0.4, -0.2) is 32.1 Å². The van der Waals surface area contributed by atoms with Crippen LogP contribution in [-0.2, 0) is 5.41 Å². The molecule has 2 unspecified atom stereocenters. The number of aromatic nitrogens is 3. The largest absolute Gasteiger partial charge is 0.364 e. The predicted molar refractivity (Wildman–Crippen MR) is 90.3 cm³/mol. The van der Waals surface area contributed by atoms with Crippen molar-refractivity contribution in [3.05, 3.63) is 24.2 Å². The van der Waals surface area contributed by atoms with Crippen molar-refractivity contribution in [3.63, 3.8) is 0 Å². The van der Waals surface area contributed by atoms with Crippen molar-refractivity contribution in [1.29, 1.82) is 0 Å². The Balaban J connectivity index is 1.93. The smallest absolute Gasteiger partial charge is 0.152 e. The maximum atomic E-state index is 4.69. The molecule has 2 heterocycles. The second kappa shape index (κ2) is 5.52. The van der Waals surface area contributed by atoms with Crippen LogP contribution >= 0.6 is 11.8 Å². The van der Waals surface area contributed by atoms with Crippen LogP contribution in [0.4, 0.5) is 5.82 Å². The van der Waals surface area contributed by atoms with E-state index in [1.165, 1.54) is 19.3 Å². The quantitative estimate of drug-likeness (QED) is 0.938. The Morgan fingerprint density at radius 1 is 1.33 bits per heavy atom. The Labute approximate surface area is 130 Å². The van der Waals surface area contributed by atoms with Crippen molar-refractivity contribution in [3.8, 4) is 0 Å². The molecule has 3 rings (SSSR count). The molecule has 4 nitrogen and oxygen atoms in total. The Kier molecular flexibility index (Phi) is 3.86. The zero-order valence-corrected chi connectivity index (χ0v) is 14.1. The first kappa shape index (κ1) is 14.7. The Hall–Kier alpha value is -1.23. The lowest BCUT2D eigenvalue weighted by atomic mass is 9.92. The number of anilines is 1. The molecule has 2 aromatic heterocycles. The van der Waals surface area contributed by atoms with Crippen LogP contribution in [0.1, 0.15) is 45.7 Å². The van der Waals surface area contributed by atoms with E-state index in [1.807, 2.05) is 28.7 Å². The third-order valence-corrected chi connectivity index (χ3v) is 5.41. The molecule has 1 fully saturated rings. The SMILES string of the molecule is CSC1CCCC1Nc1nccn2nc(C(C)(C)C)cc12. The predicted octanol–water partition coefficient (Wildman–Crippen LogP) is 3.72. The molecule has 0 aromatic carbocycles. The third kappa shape index (κ3) is 2.89. The molecule has 1 N–H and O–H groups in total. The fraction of sp³-hybridized carbons (Fsp3) is 0.625. The lowest BCUT2D eigenvalue weighted by Crippen LogP contribution is -2.26. The minimum absolute atomic E-state index is 0.0540. The van der Waals surface area contributed by atoms with E-state index in [0.29, 0.717) is 11.3 Å². The Morgan fingerprint density at radius 2 is 2.14 bits per heavy atom. The topological polar surface area (TPSA) is 42.2 Å². The molecule has 2 atom stereocenters. The van der Waals surface area contributed by atoms with Crippen LogP contribution in [0.5, 0.6) is 0 Å². The molecule has 0 aliphatic heterocycles. The average Bonchev–Trinajstić information content (AvgIpc) is 3.04. The van der Waals surface area contributed by atoms with E-state index in [-0.39, 0.29) is 5.41 Å². The summed E-state index contributed by atoms with van der Waals surface area (Å²) in [6.07, 6.45) is 9.80. The lowest BCUT2D eigenvalue weighted by Gasteiger charge is -2.20. The summed E-state index contributed by atoms with van der Waals surface area (Å²) in [4.78, 5) is 4.55. The van der Waals surface area contributed by atoms with Crippen LogP contribution in [0.3, 0.4) is 0 Å². The molecule has 0 saturated heterocycles. The molecular formula is C16H24N4S. The number of hydrogen-bond donors (Lipinski definition) is 1. The highest BCUT2D eigenvalue weighted by Gasteiger charge is 2.27. The monoisotopic (exact) mass is 304 g/mol. The fourth-order valence-corrected chi connectivity index (χ4v) is 3.88. The highest BCUT2D eigenvalue weighted by Crippen LogP contribution is 2.32. The lowest BCUT2D eigenvalue weighted by molar-refractivity contribution is 0.562. The molecule has 21 heavy (non-hydrogen) atoms.